The summed E-state index contributed by atoms with van der Waals surface area (Å²) in [5.41, 5.74) is -0.918. The van der Waals surface area contributed by atoms with E-state index in [4.69, 9.17) is 5.11 Å². The number of aliphatic hydroxyl groups is 1. The number of hydrogen-bond donors (Lipinski definition) is 2. The topological polar surface area (TPSA) is 53.1 Å². The Morgan fingerprint density at radius 3 is 2.53 bits per heavy atom. The Morgan fingerprint density at radius 1 is 1.26 bits per heavy atom. The van der Waals surface area contributed by atoms with Crippen molar-refractivity contribution >= 4 is 5.78 Å². The van der Waals surface area contributed by atoms with Crippen molar-refractivity contribution in [2.24, 2.45) is 0 Å². The molecule has 2 N–H and O–H groups in total. The first-order valence-corrected chi connectivity index (χ1v) is 5.42. The van der Waals surface area contributed by atoms with Gasteiger partial charge in [0.25, 0.3) is 0 Å². The fourth-order valence-electron chi connectivity index (χ4n) is 1.75. The van der Waals surface area contributed by atoms with E-state index in [0.717, 1.165) is 12.1 Å². The number of halogens is 3. The molecule has 0 saturated carbocycles. The van der Waals surface area contributed by atoms with Crippen LogP contribution in [-0.4, -0.2) is 15.9 Å². The lowest BCUT2D eigenvalue weighted by molar-refractivity contribution is -0.137. The van der Waals surface area contributed by atoms with Crippen molar-refractivity contribution in [3.8, 4) is 0 Å². The molecule has 0 spiro atoms. The lowest BCUT2D eigenvalue weighted by atomic mass is 9.99. The Balaban J connectivity index is 2.44. The molecule has 0 unspecified atom stereocenters. The Labute approximate surface area is 106 Å². The molecule has 0 atom stereocenters. The number of aromatic nitrogens is 1. The van der Waals surface area contributed by atoms with Crippen LogP contribution < -0.4 is 0 Å². The summed E-state index contributed by atoms with van der Waals surface area (Å²) in [6.45, 7) is -0.311. The number of carbonyl (C=O) groups excluding carboxylic acids is 1. The third kappa shape index (κ3) is 2.68. The molecule has 0 saturated heterocycles. The monoisotopic (exact) mass is 269 g/mol. The van der Waals surface area contributed by atoms with Crippen LogP contribution in [0.4, 0.5) is 13.2 Å². The molecule has 0 bridgehead atoms. The Hall–Kier alpha value is -2.08. The zero-order valence-corrected chi connectivity index (χ0v) is 9.66. The van der Waals surface area contributed by atoms with Gasteiger partial charge in [0.15, 0.2) is 5.78 Å². The standard InChI is InChI=1S/C13H10F3NO2/c14-13(15,16)11-4-2-1-3-10(11)12(19)8-5-9(7-18)17-6-8/h1-6,17-18H,7H2. The van der Waals surface area contributed by atoms with Crippen LogP contribution in [0.2, 0.25) is 0 Å². The molecular weight excluding hydrogens is 259 g/mol. The molecule has 1 heterocycles. The van der Waals surface area contributed by atoms with Gasteiger partial charge in [-0.2, -0.15) is 13.2 Å². The molecule has 0 aliphatic rings. The van der Waals surface area contributed by atoms with Crippen LogP contribution >= 0.6 is 0 Å². The van der Waals surface area contributed by atoms with Gasteiger partial charge < -0.3 is 10.1 Å². The van der Waals surface area contributed by atoms with Gasteiger partial charge in [-0.25, -0.2) is 0 Å². The molecule has 0 aliphatic heterocycles. The zero-order valence-electron chi connectivity index (χ0n) is 9.66. The van der Waals surface area contributed by atoms with Gasteiger partial charge in [-0.15, -0.1) is 0 Å². The molecule has 0 radical (unpaired) electrons. The minimum atomic E-state index is -4.58. The molecule has 100 valence electrons. The van der Waals surface area contributed by atoms with E-state index in [1.54, 1.807) is 0 Å². The minimum Gasteiger partial charge on any atom is -0.390 e. The molecule has 1 aromatic carbocycles. The average molecular weight is 269 g/mol. The number of aromatic amines is 1. The van der Waals surface area contributed by atoms with E-state index in [0.29, 0.717) is 5.69 Å². The third-order valence-corrected chi connectivity index (χ3v) is 2.65. The molecule has 1 aromatic heterocycles. The van der Waals surface area contributed by atoms with Gasteiger partial charge in [-0.05, 0) is 12.1 Å². The first-order valence-electron chi connectivity index (χ1n) is 5.42. The van der Waals surface area contributed by atoms with Crippen LogP contribution in [0.25, 0.3) is 0 Å². The van der Waals surface area contributed by atoms with E-state index in [2.05, 4.69) is 4.98 Å². The second-order valence-electron chi connectivity index (χ2n) is 3.94. The van der Waals surface area contributed by atoms with Gasteiger partial charge in [0.05, 0.1) is 12.2 Å². The highest BCUT2D eigenvalue weighted by molar-refractivity contribution is 6.10. The summed E-state index contributed by atoms with van der Waals surface area (Å²) in [5.74, 6) is -0.733. The number of benzene rings is 1. The molecule has 19 heavy (non-hydrogen) atoms. The van der Waals surface area contributed by atoms with Crippen molar-refractivity contribution in [1.82, 2.24) is 4.98 Å². The van der Waals surface area contributed by atoms with Crippen molar-refractivity contribution in [3.63, 3.8) is 0 Å². The molecule has 3 nitrogen and oxygen atoms in total. The lowest BCUT2D eigenvalue weighted by Gasteiger charge is -2.10. The fourth-order valence-corrected chi connectivity index (χ4v) is 1.75. The third-order valence-electron chi connectivity index (χ3n) is 2.65. The van der Waals surface area contributed by atoms with Crippen molar-refractivity contribution in [1.29, 1.82) is 0 Å². The largest absolute Gasteiger partial charge is 0.417 e. The second-order valence-corrected chi connectivity index (χ2v) is 3.94. The number of hydrogen-bond acceptors (Lipinski definition) is 2. The van der Waals surface area contributed by atoms with Crippen molar-refractivity contribution < 1.29 is 23.1 Å². The van der Waals surface area contributed by atoms with E-state index in [1.165, 1.54) is 24.4 Å². The summed E-state index contributed by atoms with van der Waals surface area (Å²) in [7, 11) is 0. The summed E-state index contributed by atoms with van der Waals surface area (Å²) in [6, 6.07) is 5.94. The second kappa shape index (κ2) is 4.89. The average Bonchev–Trinajstić information content (AvgIpc) is 2.85. The summed E-state index contributed by atoms with van der Waals surface area (Å²) in [5, 5.41) is 8.86. The number of H-pyrrole nitrogens is 1. The van der Waals surface area contributed by atoms with Gasteiger partial charge >= 0.3 is 6.18 Å². The van der Waals surface area contributed by atoms with Crippen molar-refractivity contribution in [3.05, 3.63) is 58.9 Å². The zero-order chi connectivity index (χ0) is 14.0. The van der Waals surface area contributed by atoms with Crippen molar-refractivity contribution in [2.75, 3.05) is 0 Å². The maximum Gasteiger partial charge on any atom is 0.417 e. The summed E-state index contributed by atoms with van der Waals surface area (Å²) in [6.07, 6.45) is -3.30. The summed E-state index contributed by atoms with van der Waals surface area (Å²) in [4.78, 5) is 14.7. The lowest BCUT2D eigenvalue weighted by Crippen LogP contribution is -2.13. The van der Waals surface area contributed by atoms with E-state index < -0.39 is 23.1 Å². The van der Waals surface area contributed by atoms with E-state index >= 15 is 0 Å². The molecule has 0 fully saturated rings. The number of aliphatic hydroxyl groups excluding tert-OH is 1. The normalized spacial score (nSPS) is 11.6. The highest BCUT2D eigenvalue weighted by Crippen LogP contribution is 2.32. The highest BCUT2D eigenvalue weighted by Gasteiger charge is 2.35. The number of alkyl halides is 3. The Morgan fingerprint density at radius 2 is 1.95 bits per heavy atom. The van der Waals surface area contributed by atoms with Crippen LogP contribution in [0.15, 0.2) is 36.5 Å². The SMILES string of the molecule is O=C(c1c[nH]c(CO)c1)c1ccccc1C(F)(F)F. The smallest absolute Gasteiger partial charge is 0.390 e. The van der Waals surface area contributed by atoms with Gasteiger partial charge in [-0.1, -0.05) is 18.2 Å². The van der Waals surface area contributed by atoms with Crippen LogP contribution in [0.5, 0.6) is 0 Å². The molecular formula is C13H10F3NO2. The fraction of sp³-hybridized carbons (Fsp3) is 0.154. The van der Waals surface area contributed by atoms with Crippen LogP contribution in [0.1, 0.15) is 27.2 Å². The quantitative estimate of drug-likeness (QED) is 0.842. The van der Waals surface area contributed by atoms with Crippen LogP contribution in [0.3, 0.4) is 0 Å². The van der Waals surface area contributed by atoms with Crippen LogP contribution in [0, 0.1) is 0 Å². The molecule has 0 amide bonds. The van der Waals surface area contributed by atoms with Gasteiger partial charge in [0, 0.05) is 23.0 Å². The first kappa shape index (κ1) is 13.4. The van der Waals surface area contributed by atoms with E-state index in [1.807, 2.05) is 0 Å². The maximum absolute atomic E-state index is 12.8. The predicted octanol–water partition coefficient (Wildman–Crippen LogP) is 2.76. The first-order chi connectivity index (χ1) is 8.93. The Bertz CT molecular complexity index is 602. The van der Waals surface area contributed by atoms with Gasteiger partial charge in [0.2, 0.25) is 0 Å². The van der Waals surface area contributed by atoms with E-state index in [-0.39, 0.29) is 12.2 Å². The number of ketones is 1. The maximum atomic E-state index is 12.8. The van der Waals surface area contributed by atoms with Gasteiger partial charge in [0.1, 0.15) is 0 Å². The number of rotatable bonds is 3. The van der Waals surface area contributed by atoms with Crippen LogP contribution in [-0.2, 0) is 12.8 Å². The Kier molecular flexibility index (Phi) is 3.44. The molecule has 0 aliphatic carbocycles. The number of nitrogens with one attached hydrogen (secondary N) is 1. The van der Waals surface area contributed by atoms with E-state index in [9.17, 15) is 18.0 Å². The van der Waals surface area contributed by atoms with Gasteiger partial charge in [-0.3, -0.25) is 4.79 Å². The minimum absolute atomic E-state index is 0.0840. The molecule has 6 heteroatoms. The molecule has 2 aromatic rings. The summed E-state index contributed by atoms with van der Waals surface area (Å²) >= 11 is 0. The molecule has 2 rings (SSSR count). The number of carbonyl (C=O) groups is 1. The van der Waals surface area contributed by atoms with Crippen molar-refractivity contribution in [2.45, 2.75) is 12.8 Å². The predicted molar refractivity (Wildman–Crippen MR) is 61.6 cm³/mol. The highest BCUT2D eigenvalue weighted by atomic mass is 19.4. The summed E-state index contributed by atoms with van der Waals surface area (Å²) < 4.78 is 38.4.